The first kappa shape index (κ1) is 15.1. The van der Waals surface area contributed by atoms with Gasteiger partial charge < -0.3 is 15.0 Å². The van der Waals surface area contributed by atoms with Crippen LogP contribution in [-0.2, 0) is 13.1 Å². The molecule has 0 bridgehead atoms. The predicted molar refractivity (Wildman–Crippen MR) is 84.8 cm³/mol. The van der Waals surface area contributed by atoms with Crippen molar-refractivity contribution in [3.63, 3.8) is 0 Å². The maximum absolute atomic E-state index is 9.42. The van der Waals surface area contributed by atoms with Gasteiger partial charge in [0.25, 0.3) is 0 Å². The molecule has 0 fully saturated rings. The van der Waals surface area contributed by atoms with Crippen molar-refractivity contribution >= 4 is 10.9 Å². The van der Waals surface area contributed by atoms with Crippen molar-refractivity contribution in [1.82, 2.24) is 9.88 Å². The molecule has 0 aliphatic rings. The molecule has 1 atom stereocenters. The van der Waals surface area contributed by atoms with Crippen molar-refractivity contribution in [2.75, 3.05) is 6.54 Å². The maximum Gasteiger partial charge on any atom is 0.0529 e. The van der Waals surface area contributed by atoms with Gasteiger partial charge in [-0.15, -0.1) is 0 Å². The number of aliphatic hydroxyl groups excluding tert-OH is 1. The zero-order chi connectivity index (χ0) is 14.5. The molecule has 0 spiro atoms. The number of fused-ring (bicyclic) bond motifs is 1. The number of nitrogens with zero attached hydrogens (tertiary/aromatic N) is 1. The Morgan fingerprint density at radius 1 is 1.20 bits per heavy atom. The summed E-state index contributed by atoms with van der Waals surface area (Å²) < 4.78 is 2.23. The third-order valence-corrected chi connectivity index (χ3v) is 3.56. The molecule has 0 aliphatic heterocycles. The summed E-state index contributed by atoms with van der Waals surface area (Å²) in [5.41, 5.74) is 2.61. The van der Waals surface area contributed by atoms with Crippen LogP contribution in [0.3, 0.4) is 0 Å². The zero-order valence-electron chi connectivity index (χ0n) is 12.8. The van der Waals surface area contributed by atoms with E-state index >= 15 is 0 Å². The van der Waals surface area contributed by atoms with Gasteiger partial charge in [0, 0.05) is 30.2 Å². The van der Waals surface area contributed by atoms with Crippen molar-refractivity contribution in [2.45, 2.75) is 46.4 Å². The van der Waals surface area contributed by atoms with E-state index in [1.807, 2.05) is 6.92 Å². The fourth-order valence-electron chi connectivity index (χ4n) is 2.46. The highest BCUT2D eigenvalue weighted by atomic mass is 16.3. The fourth-order valence-corrected chi connectivity index (χ4v) is 2.46. The highest BCUT2D eigenvalue weighted by Crippen LogP contribution is 2.21. The average Bonchev–Trinajstić information content (AvgIpc) is 2.80. The summed E-state index contributed by atoms with van der Waals surface area (Å²) >= 11 is 0. The standard InChI is InChI=1S/C17H26N2O/c1-13(2)11-18-12-15-5-4-6-17-16(15)8-10-19(17)9-7-14(3)20/h4-6,8,10,13-14,18,20H,7,9,11-12H2,1-3H3. The third kappa shape index (κ3) is 3.84. The molecule has 2 rings (SSSR count). The van der Waals surface area contributed by atoms with Crippen molar-refractivity contribution < 1.29 is 5.11 Å². The van der Waals surface area contributed by atoms with Crippen LogP contribution in [0.15, 0.2) is 30.5 Å². The lowest BCUT2D eigenvalue weighted by Gasteiger charge is -2.10. The van der Waals surface area contributed by atoms with E-state index in [0.29, 0.717) is 5.92 Å². The summed E-state index contributed by atoms with van der Waals surface area (Å²) in [6, 6.07) is 8.65. The Bertz CT molecular complexity index is 543. The van der Waals surface area contributed by atoms with Gasteiger partial charge >= 0.3 is 0 Å². The highest BCUT2D eigenvalue weighted by molar-refractivity contribution is 5.83. The van der Waals surface area contributed by atoms with E-state index in [-0.39, 0.29) is 6.10 Å². The highest BCUT2D eigenvalue weighted by Gasteiger charge is 2.06. The number of benzene rings is 1. The normalized spacial score (nSPS) is 13.2. The third-order valence-electron chi connectivity index (χ3n) is 3.56. The number of hydrogen-bond acceptors (Lipinski definition) is 2. The molecule has 110 valence electrons. The second-order valence-corrected chi connectivity index (χ2v) is 6.02. The Morgan fingerprint density at radius 3 is 2.70 bits per heavy atom. The van der Waals surface area contributed by atoms with Crippen LogP contribution in [0, 0.1) is 5.92 Å². The van der Waals surface area contributed by atoms with Crippen LogP contribution in [0.25, 0.3) is 10.9 Å². The quantitative estimate of drug-likeness (QED) is 0.814. The maximum atomic E-state index is 9.42. The fraction of sp³-hybridized carbons (Fsp3) is 0.529. The molecule has 0 saturated heterocycles. The number of aromatic nitrogens is 1. The molecular weight excluding hydrogens is 248 g/mol. The molecule has 0 aliphatic carbocycles. The number of aliphatic hydroxyl groups is 1. The van der Waals surface area contributed by atoms with Gasteiger partial charge in [0.1, 0.15) is 0 Å². The van der Waals surface area contributed by atoms with Crippen LogP contribution >= 0.6 is 0 Å². The van der Waals surface area contributed by atoms with E-state index in [2.05, 4.69) is 54.2 Å². The second kappa shape index (κ2) is 6.91. The molecule has 2 aromatic rings. The first-order valence-electron chi connectivity index (χ1n) is 7.53. The minimum Gasteiger partial charge on any atom is -0.393 e. The van der Waals surface area contributed by atoms with Gasteiger partial charge in [-0.05, 0) is 43.5 Å². The van der Waals surface area contributed by atoms with E-state index in [4.69, 9.17) is 0 Å². The Labute approximate surface area is 121 Å². The second-order valence-electron chi connectivity index (χ2n) is 6.02. The molecular formula is C17H26N2O. The lowest BCUT2D eigenvalue weighted by Crippen LogP contribution is -2.19. The first-order valence-corrected chi connectivity index (χ1v) is 7.53. The molecule has 1 aromatic heterocycles. The van der Waals surface area contributed by atoms with Crippen LogP contribution in [0.4, 0.5) is 0 Å². The van der Waals surface area contributed by atoms with Crippen molar-refractivity contribution in [1.29, 1.82) is 0 Å². The van der Waals surface area contributed by atoms with Crippen LogP contribution in [0.1, 0.15) is 32.8 Å². The molecule has 0 saturated carbocycles. The molecule has 3 nitrogen and oxygen atoms in total. The van der Waals surface area contributed by atoms with Gasteiger partial charge in [-0.3, -0.25) is 0 Å². The molecule has 0 radical (unpaired) electrons. The van der Waals surface area contributed by atoms with E-state index in [0.717, 1.165) is 26.1 Å². The summed E-state index contributed by atoms with van der Waals surface area (Å²) in [5, 5.41) is 14.2. The summed E-state index contributed by atoms with van der Waals surface area (Å²) in [6.07, 6.45) is 2.67. The molecule has 1 unspecified atom stereocenters. The molecule has 20 heavy (non-hydrogen) atoms. The van der Waals surface area contributed by atoms with Gasteiger partial charge in [-0.2, -0.15) is 0 Å². The van der Waals surface area contributed by atoms with Crippen molar-refractivity contribution in [3.05, 3.63) is 36.0 Å². The molecule has 1 heterocycles. The zero-order valence-corrected chi connectivity index (χ0v) is 12.8. The first-order chi connectivity index (χ1) is 9.58. The van der Waals surface area contributed by atoms with Gasteiger partial charge in [0.05, 0.1) is 6.10 Å². The van der Waals surface area contributed by atoms with Crippen LogP contribution in [0.2, 0.25) is 0 Å². The summed E-state index contributed by atoms with van der Waals surface area (Å²) in [7, 11) is 0. The van der Waals surface area contributed by atoms with Crippen molar-refractivity contribution in [3.8, 4) is 0 Å². The van der Waals surface area contributed by atoms with Gasteiger partial charge in [0.2, 0.25) is 0 Å². The van der Waals surface area contributed by atoms with E-state index in [9.17, 15) is 5.11 Å². The topological polar surface area (TPSA) is 37.2 Å². The predicted octanol–water partition coefficient (Wildman–Crippen LogP) is 3.16. The molecule has 2 N–H and O–H groups in total. The number of nitrogens with one attached hydrogen (secondary N) is 1. The molecule has 3 heteroatoms. The van der Waals surface area contributed by atoms with Crippen LogP contribution in [-0.4, -0.2) is 22.3 Å². The SMILES string of the molecule is CC(C)CNCc1cccc2c1ccn2CCC(C)O. The van der Waals surface area contributed by atoms with Gasteiger partial charge in [-0.1, -0.05) is 26.0 Å². The van der Waals surface area contributed by atoms with E-state index in [1.54, 1.807) is 0 Å². The minimum atomic E-state index is -0.247. The lowest BCUT2D eigenvalue weighted by atomic mass is 10.1. The van der Waals surface area contributed by atoms with Gasteiger partial charge in [-0.25, -0.2) is 0 Å². The Hall–Kier alpha value is -1.32. The Kier molecular flexibility index (Phi) is 5.21. The number of rotatable bonds is 7. The Balaban J connectivity index is 2.12. The Morgan fingerprint density at radius 2 is 2.00 bits per heavy atom. The van der Waals surface area contributed by atoms with Crippen LogP contribution < -0.4 is 5.32 Å². The summed E-state index contributed by atoms with van der Waals surface area (Å²) in [6.45, 7) is 9.10. The van der Waals surface area contributed by atoms with E-state index < -0.39 is 0 Å². The van der Waals surface area contributed by atoms with Crippen molar-refractivity contribution in [2.24, 2.45) is 5.92 Å². The van der Waals surface area contributed by atoms with Crippen LogP contribution in [0.5, 0.6) is 0 Å². The lowest BCUT2D eigenvalue weighted by molar-refractivity contribution is 0.178. The molecule has 0 amide bonds. The number of hydrogen-bond donors (Lipinski definition) is 2. The summed E-state index contributed by atoms with van der Waals surface area (Å²) in [4.78, 5) is 0. The number of aryl methyl sites for hydroxylation is 1. The average molecular weight is 274 g/mol. The molecule has 1 aromatic carbocycles. The minimum absolute atomic E-state index is 0.247. The van der Waals surface area contributed by atoms with E-state index in [1.165, 1.54) is 16.5 Å². The largest absolute Gasteiger partial charge is 0.393 e. The monoisotopic (exact) mass is 274 g/mol. The smallest absolute Gasteiger partial charge is 0.0529 e. The summed E-state index contributed by atoms with van der Waals surface area (Å²) in [5.74, 6) is 0.671. The van der Waals surface area contributed by atoms with Gasteiger partial charge in [0.15, 0.2) is 0 Å².